The van der Waals surface area contributed by atoms with Gasteiger partial charge < -0.3 is 10.1 Å². The number of aryl methyl sites for hydroxylation is 1. The average molecular weight is 348 g/mol. The van der Waals surface area contributed by atoms with Gasteiger partial charge in [-0.15, -0.1) is 0 Å². The van der Waals surface area contributed by atoms with Crippen LogP contribution < -0.4 is 5.32 Å². The molecular formula is C17H18BrNO2. The van der Waals surface area contributed by atoms with Crippen molar-refractivity contribution < 1.29 is 9.53 Å². The number of carbonyl (C=O) groups excluding carboxylic acids is 1. The molecule has 0 aromatic heterocycles. The van der Waals surface area contributed by atoms with Crippen molar-refractivity contribution in [1.82, 2.24) is 5.32 Å². The minimum Gasteiger partial charge on any atom is -0.445 e. The molecule has 2 rings (SSSR count). The molecule has 3 nitrogen and oxygen atoms in total. The summed E-state index contributed by atoms with van der Waals surface area (Å²) < 4.78 is 6.28. The van der Waals surface area contributed by atoms with E-state index in [1.807, 2.05) is 62.4 Å². The molecule has 1 atom stereocenters. The fraction of sp³-hybridized carbons (Fsp3) is 0.235. The van der Waals surface area contributed by atoms with Gasteiger partial charge in [-0.3, -0.25) is 0 Å². The Balaban J connectivity index is 1.88. The number of hydrogen-bond donors (Lipinski definition) is 1. The van der Waals surface area contributed by atoms with Crippen molar-refractivity contribution in [3.8, 4) is 0 Å². The van der Waals surface area contributed by atoms with Crippen LogP contribution in [0, 0.1) is 6.92 Å². The summed E-state index contributed by atoms with van der Waals surface area (Å²) in [6.07, 6.45) is -0.410. The second-order valence-electron chi connectivity index (χ2n) is 4.94. The van der Waals surface area contributed by atoms with E-state index in [0.29, 0.717) is 0 Å². The zero-order valence-electron chi connectivity index (χ0n) is 12.1. The van der Waals surface area contributed by atoms with E-state index in [4.69, 9.17) is 4.74 Å². The summed E-state index contributed by atoms with van der Waals surface area (Å²) in [6.45, 7) is 4.24. The number of halogens is 1. The molecule has 1 amide bonds. The van der Waals surface area contributed by atoms with E-state index < -0.39 is 6.09 Å². The Hall–Kier alpha value is -1.81. The Labute approximate surface area is 133 Å². The second kappa shape index (κ2) is 7.27. The molecule has 0 fully saturated rings. The van der Waals surface area contributed by atoms with E-state index in [1.54, 1.807) is 0 Å². The third-order valence-corrected chi connectivity index (χ3v) is 4.12. The van der Waals surface area contributed by atoms with Gasteiger partial charge >= 0.3 is 6.09 Å². The first-order valence-corrected chi connectivity index (χ1v) is 7.59. The summed E-state index contributed by atoms with van der Waals surface area (Å²) in [5.41, 5.74) is 3.16. The second-order valence-corrected chi connectivity index (χ2v) is 5.79. The van der Waals surface area contributed by atoms with E-state index >= 15 is 0 Å². The van der Waals surface area contributed by atoms with Gasteiger partial charge in [-0.05, 0) is 36.6 Å². The first kappa shape index (κ1) is 15.6. The third kappa shape index (κ3) is 4.60. The number of benzene rings is 2. The maximum atomic E-state index is 11.8. The molecular weight excluding hydrogens is 330 g/mol. The maximum absolute atomic E-state index is 11.8. The lowest BCUT2D eigenvalue weighted by Crippen LogP contribution is -2.27. The summed E-state index contributed by atoms with van der Waals surface area (Å²) in [6, 6.07) is 15.5. The van der Waals surface area contributed by atoms with Gasteiger partial charge in [0.2, 0.25) is 0 Å². The molecule has 0 saturated heterocycles. The molecule has 4 heteroatoms. The van der Waals surface area contributed by atoms with Crippen LogP contribution in [0.15, 0.2) is 53.0 Å². The van der Waals surface area contributed by atoms with Crippen LogP contribution in [0.3, 0.4) is 0 Å². The molecule has 0 aliphatic heterocycles. The van der Waals surface area contributed by atoms with Crippen LogP contribution in [0.25, 0.3) is 0 Å². The third-order valence-electron chi connectivity index (χ3n) is 3.23. The maximum Gasteiger partial charge on any atom is 0.407 e. The molecule has 0 saturated carbocycles. The Kier molecular flexibility index (Phi) is 5.39. The van der Waals surface area contributed by atoms with Crippen molar-refractivity contribution in [2.75, 3.05) is 0 Å². The van der Waals surface area contributed by atoms with Gasteiger partial charge in [-0.1, -0.05) is 58.4 Å². The zero-order valence-corrected chi connectivity index (χ0v) is 13.7. The molecule has 0 aliphatic rings. The SMILES string of the molecule is Cc1cc([C@H](C)NC(=O)OCc2ccccc2)ccc1Br. The van der Waals surface area contributed by atoms with E-state index in [1.165, 1.54) is 0 Å². The van der Waals surface area contributed by atoms with E-state index in [0.717, 1.165) is 21.2 Å². The molecule has 2 aromatic carbocycles. The van der Waals surface area contributed by atoms with Crippen molar-refractivity contribution in [1.29, 1.82) is 0 Å². The van der Waals surface area contributed by atoms with Crippen LogP contribution >= 0.6 is 15.9 Å². The average Bonchev–Trinajstić information content (AvgIpc) is 2.49. The normalized spacial score (nSPS) is 11.8. The largest absolute Gasteiger partial charge is 0.445 e. The Morgan fingerprint density at radius 2 is 1.95 bits per heavy atom. The first-order chi connectivity index (χ1) is 10.1. The lowest BCUT2D eigenvalue weighted by Gasteiger charge is -2.15. The molecule has 0 aliphatic carbocycles. The van der Waals surface area contributed by atoms with Crippen LogP contribution in [0.2, 0.25) is 0 Å². The zero-order chi connectivity index (χ0) is 15.2. The summed E-state index contributed by atoms with van der Waals surface area (Å²) >= 11 is 3.47. The Bertz CT molecular complexity index is 613. The standard InChI is InChI=1S/C17H18BrNO2/c1-12-10-15(8-9-16(12)18)13(2)19-17(20)21-11-14-6-4-3-5-7-14/h3-10,13H,11H2,1-2H3,(H,19,20)/t13-/m0/s1. The van der Waals surface area contributed by atoms with E-state index in [2.05, 4.69) is 21.2 Å². The lowest BCUT2D eigenvalue weighted by molar-refractivity contribution is 0.136. The molecule has 2 aromatic rings. The number of alkyl carbamates (subject to hydrolysis) is 1. The molecule has 0 spiro atoms. The molecule has 0 bridgehead atoms. The quantitative estimate of drug-likeness (QED) is 0.866. The van der Waals surface area contributed by atoms with Gasteiger partial charge in [0.1, 0.15) is 6.61 Å². The Morgan fingerprint density at radius 3 is 2.62 bits per heavy atom. The fourth-order valence-corrected chi connectivity index (χ4v) is 2.21. The van der Waals surface area contributed by atoms with Crippen molar-refractivity contribution in [3.63, 3.8) is 0 Å². The number of carbonyl (C=O) groups is 1. The summed E-state index contributed by atoms with van der Waals surface area (Å²) in [7, 11) is 0. The predicted molar refractivity (Wildman–Crippen MR) is 87.1 cm³/mol. The monoisotopic (exact) mass is 347 g/mol. The van der Waals surface area contributed by atoms with Crippen molar-refractivity contribution in [2.45, 2.75) is 26.5 Å². The number of hydrogen-bond acceptors (Lipinski definition) is 2. The molecule has 21 heavy (non-hydrogen) atoms. The minimum atomic E-state index is -0.410. The van der Waals surface area contributed by atoms with Crippen molar-refractivity contribution in [2.24, 2.45) is 0 Å². The number of rotatable bonds is 4. The highest BCUT2D eigenvalue weighted by molar-refractivity contribution is 9.10. The smallest absolute Gasteiger partial charge is 0.407 e. The van der Waals surface area contributed by atoms with Gasteiger partial charge in [0, 0.05) is 4.47 Å². The van der Waals surface area contributed by atoms with Crippen molar-refractivity contribution in [3.05, 3.63) is 69.7 Å². The highest BCUT2D eigenvalue weighted by Gasteiger charge is 2.11. The highest BCUT2D eigenvalue weighted by Crippen LogP contribution is 2.21. The number of ether oxygens (including phenoxy) is 1. The van der Waals surface area contributed by atoms with E-state index in [-0.39, 0.29) is 12.6 Å². The van der Waals surface area contributed by atoms with Gasteiger partial charge in [-0.2, -0.15) is 0 Å². The van der Waals surface area contributed by atoms with Crippen LogP contribution in [0.4, 0.5) is 4.79 Å². The van der Waals surface area contributed by atoms with Gasteiger partial charge in [-0.25, -0.2) is 4.79 Å². The summed E-state index contributed by atoms with van der Waals surface area (Å²) in [5.74, 6) is 0. The molecule has 0 radical (unpaired) electrons. The summed E-state index contributed by atoms with van der Waals surface area (Å²) in [4.78, 5) is 11.8. The lowest BCUT2D eigenvalue weighted by atomic mass is 10.1. The van der Waals surface area contributed by atoms with Gasteiger partial charge in [0.25, 0.3) is 0 Å². The van der Waals surface area contributed by atoms with Gasteiger partial charge in [0.05, 0.1) is 6.04 Å². The van der Waals surface area contributed by atoms with E-state index in [9.17, 15) is 4.79 Å². The number of nitrogens with one attached hydrogen (secondary N) is 1. The Morgan fingerprint density at radius 1 is 1.24 bits per heavy atom. The van der Waals surface area contributed by atoms with Crippen LogP contribution in [-0.2, 0) is 11.3 Å². The van der Waals surface area contributed by atoms with Crippen LogP contribution in [0.5, 0.6) is 0 Å². The number of amides is 1. The molecule has 110 valence electrons. The van der Waals surface area contributed by atoms with Crippen LogP contribution in [0.1, 0.15) is 29.7 Å². The predicted octanol–water partition coefficient (Wildman–Crippen LogP) is 4.74. The topological polar surface area (TPSA) is 38.3 Å². The highest BCUT2D eigenvalue weighted by atomic mass is 79.9. The van der Waals surface area contributed by atoms with Gasteiger partial charge in [0.15, 0.2) is 0 Å². The van der Waals surface area contributed by atoms with Crippen molar-refractivity contribution >= 4 is 22.0 Å². The molecule has 0 unspecified atom stereocenters. The van der Waals surface area contributed by atoms with Crippen LogP contribution in [-0.4, -0.2) is 6.09 Å². The first-order valence-electron chi connectivity index (χ1n) is 6.79. The fourth-order valence-electron chi connectivity index (χ4n) is 1.96. The molecule has 0 heterocycles. The molecule has 1 N–H and O–H groups in total. The minimum absolute atomic E-state index is 0.0972. The summed E-state index contributed by atoms with van der Waals surface area (Å²) in [5, 5.41) is 2.84.